The molecule has 0 saturated carbocycles. The van der Waals surface area contributed by atoms with E-state index >= 15 is 0 Å². The number of carbonyl (C=O) groups is 1. The second-order valence-electron chi connectivity index (χ2n) is 5.57. The van der Waals surface area contributed by atoms with E-state index in [1.165, 1.54) is 0 Å². The number of aryl methyl sites for hydroxylation is 1. The Morgan fingerprint density at radius 2 is 2.00 bits per heavy atom. The summed E-state index contributed by atoms with van der Waals surface area (Å²) in [6.07, 6.45) is 1.00. The van der Waals surface area contributed by atoms with E-state index in [9.17, 15) is 4.79 Å². The molecule has 0 spiro atoms. The van der Waals surface area contributed by atoms with Crippen LogP contribution in [0.15, 0.2) is 18.2 Å². The zero-order valence-electron chi connectivity index (χ0n) is 12.5. The highest BCUT2D eigenvalue weighted by Crippen LogP contribution is 2.18. The minimum Gasteiger partial charge on any atom is -0.339 e. The Kier molecular flexibility index (Phi) is 5.36. The number of hydrogen-bond acceptors (Lipinski definition) is 3. The molecule has 1 aromatic rings. The van der Waals surface area contributed by atoms with Gasteiger partial charge < -0.3 is 10.3 Å². The first-order valence-corrected chi connectivity index (χ1v) is 6.71. The summed E-state index contributed by atoms with van der Waals surface area (Å²) >= 11 is 0. The van der Waals surface area contributed by atoms with Gasteiger partial charge in [0.25, 0.3) is 5.91 Å². The molecule has 0 bridgehead atoms. The molecule has 0 aliphatic heterocycles. The van der Waals surface area contributed by atoms with Gasteiger partial charge in [0.2, 0.25) is 0 Å². The second kappa shape index (κ2) is 6.57. The number of hydrazine groups is 1. The van der Waals surface area contributed by atoms with Gasteiger partial charge in [0.15, 0.2) is 0 Å². The van der Waals surface area contributed by atoms with Crippen molar-refractivity contribution in [1.29, 1.82) is 0 Å². The van der Waals surface area contributed by atoms with Crippen LogP contribution < -0.4 is 11.3 Å². The van der Waals surface area contributed by atoms with Crippen LogP contribution in [0.2, 0.25) is 0 Å². The second-order valence-corrected chi connectivity index (χ2v) is 5.57. The minimum absolute atomic E-state index is 0.0641. The van der Waals surface area contributed by atoms with E-state index < -0.39 is 0 Å². The van der Waals surface area contributed by atoms with Crippen molar-refractivity contribution in [2.75, 3.05) is 12.5 Å². The van der Waals surface area contributed by atoms with Crippen molar-refractivity contribution in [2.45, 2.75) is 40.2 Å². The molecule has 0 aliphatic rings. The van der Waals surface area contributed by atoms with Gasteiger partial charge in [-0.3, -0.25) is 10.6 Å². The number of hydrogen-bond donors (Lipinski definition) is 2. The maximum absolute atomic E-state index is 12.5. The Morgan fingerprint density at radius 1 is 1.37 bits per heavy atom. The molecule has 0 aromatic heterocycles. The Balaban J connectivity index is 2.88. The van der Waals surface area contributed by atoms with Crippen LogP contribution in [0.5, 0.6) is 0 Å². The van der Waals surface area contributed by atoms with Crippen LogP contribution in [0.1, 0.15) is 43.1 Å². The number of amides is 1. The molecule has 106 valence electrons. The SMILES string of the molecule is Cc1cc(NN)ccc1C(=O)N(C)C(C)CC(C)C. The number of nitrogen functional groups attached to an aromatic ring is 1. The number of nitrogens with two attached hydrogens (primary N) is 1. The van der Waals surface area contributed by atoms with Crippen molar-refractivity contribution in [3.8, 4) is 0 Å². The van der Waals surface area contributed by atoms with Crippen molar-refractivity contribution in [2.24, 2.45) is 11.8 Å². The summed E-state index contributed by atoms with van der Waals surface area (Å²) in [6.45, 7) is 8.35. The smallest absolute Gasteiger partial charge is 0.254 e. The summed E-state index contributed by atoms with van der Waals surface area (Å²) in [5.41, 5.74) is 5.07. The van der Waals surface area contributed by atoms with E-state index in [1.54, 1.807) is 0 Å². The molecule has 1 aromatic carbocycles. The molecule has 0 heterocycles. The van der Waals surface area contributed by atoms with Crippen LogP contribution in [-0.4, -0.2) is 23.9 Å². The van der Waals surface area contributed by atoms with Crippen molar-refractivity contribution < 1.29 is 4.79 Å². The maximum Gasteiger partial charge on any atom is 0.254 e. The Labute approximate surface area is 115 Å². The molecule has 4 heteroatoms. The van der Waals surface area contributed by atoms with E-state index in [1.807, 2.05) is 37.1 Å². The molecule has 0 fully saturated rings. The third-order valence-corrected chi connectivity index (χ3v) is 3.42. The van der Waals surface area contributed by atoms with E-state index in [2.05, 4.69) is 26.2 Å². The van der Waals surface area contributed by atoms with E-state index in [0.717, 1.165) is 23.2 Å². The monoisotopic (exact) mass is 263 g/mol. The van der Waals surface area contributed by atoms with Gasteiger partial charge in [-0.15, -0.1) is 0 Å². The number of anilines is 1. The highest BCUT2D eigenvalue weighted by atomic mass is 16.2. The first-order valence-electron chi connectivity index (χ1n) is 6.71. The summed E-state index contributed by atoms with van der Waals surface area (Å²) in [4.78, 5) is 14.3. The molecule has 3 N–H and O–H groups in total. The van der Waals surface area contributed by atoms with E-state index in [-0.39, 0.29) is 11.9 Å². The van der Waals surface area contributed by atoms with Gasteiger partial charge in [-0.05, 0) is 49.9 Å². The summed E-state index contributed by atoms with van der Waals surface area (Å²) in [5, 5.41) is 0. The third-order valence-electron chi connectivity index (χ3n) is 3.42. The fraction of sp³-hybridized carbons (Fsp3) is 0.533. The number of nitrogens with zero attached hydrogens (tertiary/aromatic N) is 1. The summed E-state index contributed by atoms with van der Waals surface area (Å²) < 4.78 is 0. The Hall–Kier alpha value is -1.55. The van der Waals surface area contributed by atoms with E-state index in [4.69, 9.17) is 5.84 Å². The normalized spacial score (nSPS) is 12.4. The van der Waals surface area contributed by atoms with Crippen molar-refractivity contribution in [3.05, 3.63) is 29.3 Å². The van der Waals surface area contributed by atoms with Crippen LogP contribution in [0.25, 0.3) is 0 Å². The number of nitrogens with one attached hydrogen (secondary N) is 1. The predicted molar refractivity (Wildman–Crippen MR) is 80.0 cm³/mol. The maximum atomic E-state index is 12.5. The summed E-state index contributed by atoms with van der Waals surface area (Å²) in [6, 6.07) is 5.76. The van der Waals surface area contributed by atoms with Gasteiger partial charge in [0, 0.05) is 24.3 Å². The molecule has 1 rings (SSSR count). The molecule has 1 amide bonds. The predicted octanol–water partition coefficient (Wildman–Crippen LogP) is 2.79. The number of rotatable bonds is 5. The molecule has 4 nitrogen and oxygen atoms in total. The highest BCUT2D eigenvalue weighted by Gasteiger charge is 2.19. The third kappa shape index (κ3) is 3.96. The fourth-order valence-corrected chi connectivity index (χ4v) is 2.22. The van der Waals surface area contributed by atoms with Gasteiger partial charge in [-0.25, -0.2) is 0 Å². The van der Waals surface area contributed by atoms with Gasteiger partial charge >= 0.3 is 0 Å². The first kappa shape index (κ1) is 15.5. The summed E-state index contributed by atoms with van der Waals surface area (Å²) in [7, 11) is 1.86. The molecule has 0 saturated heterocycles. The lowest BCUT2D eigenvalue weighted by atomic mass is 10.0. The van der Waals surface area contributed by atoms with Crippen molar-refractivity contribution in [3.63, 3.8) is 0 Å². The highest BCUT2D eigenvalue weighted by molar-refractivity contribution is 5.96. The molecular formula is C15H25N3O. The molecule has 0 radical (unpaired) electrons. The van der Waals surface area contributed by atoms with Gasteiger partial charge in [-0.2, -0.15) is 0 Å². The van der Waals surface area contributed by atoms with Crippen molar-refractivity contribution in [1.82, 2.24) is 4.90 Å². The number of benzene rings is 1. The van der Waals surface area contributed by atoms with Crippen molar-refractivity contribution >= 4 is 11.6 Å². The zero-order chi connectivity index (χ0) is 14.6. The van der Waals surface area contributed by atoms with Crippen LogP contribution in [0.3, 0.4) is 0 Å². The number of carbonyl (C=O) groups excluding carboxylic acids is 1. The molecule has 0 aliphatic carbocycles. The lowest BCUT2D eigenvalue weighted by Gasteiger charge is -2.27. The van der Waals surface area contributed by atoms with E-state index in [0.29, 0.717) is 5.92 Å². The Morgan fingerprint density at radius 3 is 2.47 bits per heavy atom. The largest absolute Gasteiger partial charge is 0.339 e. The van der Waals surface area contributed by atoms with Gasteiger partial charge in [0.05, 0.1) is 0 Å². The molecule has 1 atom stereocenters. The average Bonchev–Trinajstić information content (AvgIpc) is 2.36. The Bertz CT molecular complexity index is 443. The molecule has 1 unspecified atom stereocenters. The quantitative estimate of drug-likeness (QED) is 0.634. The van der Waals surface area contributed by atoms with Crippen LogP contribution in [-0.2, 0) is 0 Å². The van der Waals surface area contributed by atoms with Gasteiger partial charge in [0.1, 0.15) is 0 Å². The summed E-state index contributed by atoms with van der Waals surface area (Å²) in [5.74, 6) is 6.01. The minimum atomic E-state index is 0.0641. The molecular weight excluding hydrogens is 238 g/mol. The topological polar surface area (TPSA) is 58.4 Å². The fourth-order valence-electron chi connectivity index (χ4n) is 2.22. The lowest BCUT2D eigenvalue weighted by molar-refractivity contribution is 0.0727. The van der Waals surface area contributed by atoms with Gasteiger partial charge in [-0.1, -0.05) is 13.8 Å². The van der Waals surface area contributed by atoms with Crippen LogP contribution in [0.4, 0.5) is 5.69 Å². The zero-order valence-corrected chi connectivity index (χ0v) is 12.5. The first-order chi connectivity index (χ1) is 8.86. The van der Waals surface area contributed by atoms with Crippen LogP contribution >= 0.6 is 0 Å². The van der Waals surface area contributed by atoms with Crippen LogP contribution in [0, 0.1) is 12.8 Å². The lowest BCUT2D eigenvalue weighted by Crippen LogP contribution is -2.36. The average molecular weight is 263 g/mol. The molecule has 19 heavy (non-hydrogen) atoms. The standard InChI is InChI=1S/C15H25N3O/c1-10(2)8-12(4)18(5)15(19)14-7-6-13(17-16)9-11(14)3/h6-7,9-10,12,17H,8,16H2,1-5H3.